The normalized spacial score (nSPS) is 13.1. The van der Waals surface area contributed by atoms with Gasteiger partial charge >= 0.3 is 11.9 Å². The fourth-order valence-electron chi connectivity index (χ4n) is 0.484. The van der Waals surface area contributed by atoms with Crippen molar-refractivity contribution in [3.63, 3.8) is 0 Å². The number of allylic oxidation sites excluding steroid dienone is 1. The van der Waals surface area contributed by atoms with Crippen molar-refractivity contribution in [3.8, 4) is 0 Å². The molecule has 8 heteroatoms. The molecular formula is C6H6O7S. The van der Waals surface area contributed by atoms with Crippen LogP contribution in [0.15, 0.2) is 23.1 Å². The van der Waals surface area contributed by atoms with E-state index in [2.05, 4.69) is 0 Å². The van der Waals surface area contributed by atoms with Crippen molar-refractivity contribution in [3.05, 3.63) is 23.1 Å². The van der Waals surface area contributed by atoms with E-state index in [1.165, 1.54) is 0 Å². The number of hydrogen-bond donors (Lipinski definition) is 3. The Balaban J connectivity index is 5.16. The largest absolute Gasteiger partial charge is 0.478 e. The zero-order valence-electron chi connectivity index (χ0n) is 6.61. The van der Waals surface area contributed by atoms with Gasteiger partial charge in [-0.05, 0) is 6.08 Å². The van der Waals surface area contributed by atoms with Gasteiger partial charge in [0, 0.05) is 12.2 Å². The molecule has 0 bridgehead atoms. The quantitative estimate of drug-likeness (QED) is 0.331. The Kier molecular flexibility index (Phi) is 3.99. The molecule has 0 saturated carbocycles. The molecule has 3 N–H and O–H groups in total. The lowest BCUT2D eigenvalue weighted by atomic mass is 10.4. The van der Waals surface area contributed by atoms with Crippen LogP contribution in [0, 0.1) is 0 Å². The van der Waals surface area contributed by atoms with Gasteiger partial charge in [0.2, 0.25) is 0 Å². The van der Waals surface area contributed by atoms with Crippen molar-refractivity contribution in [1.29, 1.82) is 0 Å². The molecule has 0 aromatic carbocycles. The Bertz CT molecular complexity index is 400. The molecule has 0 unspecified atom stereocenters. The van der Waals surface area contributed by atoms with Crippen LogP contribution in [0.5, 0.6) is 0 Å². The molecule has 0 saturated heterocycles. The van der Waals surface area contributed by atoms with Crippen LogP contribution >= 0.6 is 0 Å². The van der Waals surface area contributed by atoms with Gasteiger partial charge in [0.1, 0.15) is 4.91 Å². The van der Waals surface area contributed by atoms with Crippen LogP contribution < -0.4 is 0 Å². The van der Waals surface area contributed by atoms with Gasteiger partial charge in [-0.15, -0.1) is 0 Å². The van der Waals surface area contributed by atoms with Gasteiger partial charge < -0.3 is 10.2 Å². The summed E-state index contributed by atoms with van der Waals surface area (Å²) in [6.45, 7) is 0. The summed E-state index contributed by atoms with van der Waals surface area (Å²) in [5.41, 5.74) is 0. The number of carbonyl (C=O) groups is 2. The van der Waals surface area contributed by atoms with Crippen molar-refractivity contribution < 1.29 is 32.8 Å². The molecule has 0 rings (SSSR count). The maximum Gasteiger partial charge on any atom is 0.329 e. The second-order valence-electron chi connectivity index (χ2n) is 2.03. The second kappa shape index (κ2) is 4.53. The SMILES string of the molecule is O=C(O)/C=C\C(=C/C(=O)O)S(=O)(=O)O. The maximum absolute atomic E-state index is 10.5. The fourth-order valence-corrected chi connectivity index (χ4v) is 0.973. The minimum absolute atomic E-state index is 0.175. The smallest absolute Gasteiger partial charge is 0.329 e. The Hall–Kier alpha value is -1.67. The summed E-state index contributed by atoms with van der Waals surface area (Å²) < 4.78 is 29.4. The number of aliphatic carboxylic acids is 2. The van der Waals surface area contributed by atoms with Crippen LogP contribution in [0.4, 0.5) is 0 Å². The van der Waals surface area contributed by atoms with Crippen LogP contribution in [0.25, 0.3) is 0 Å². The molecule has 7 nitrogen and oxygen atoms in total. The summed E-state index contributed by atoms with van der Waals surface area (Å²) in [6, 6.07) is 0. The topological polar surface area (TPSA) is 129 Å². The van der Waals surface area contributed by atoms with E-state index in [-0.39, 0.29) is 6.08 Å². The van der Waals surface area contributed by atoms with E-state index in [1.54, 1.807) is 0 Å². The first-order chi connectivity index (χ1) is 6.23. The molecule has 0 fully saturated rings. The van der Waals surface area contributed by atoms with Gasteiger partial charge in [0.25, 0.3) is 10.1 Å². The molecule has 0 aliphatic heterocycles. The number of hydrogen-bond acceptors (Lipinski definition) is 4. The van der Waals surface area contributed by atoms with Crippen LogP contribution in [0.2, 0.25) is 0 Å². The highest BCUT2D eigenvalue weighted by Crippen LogP contribution is 2.05. The van der Waals surface area contributed by atoms with Crippen LogP contribution in [-0.2, 0) is 19.7 Å². The van der Waals surface area contributed by atoms with Gasteiger partial charge in [-0.1, -0.05) is 0 Å². The molecule has 0 atom stereocenters. The van der Waals surface area contributed by atoms with E-state index in [9.17, 15) is 18.0 Å². The molecule has 0 aliphatic rings. The molecule has 0 aromatic rings. The Morgan fingerprint density at radius 2 is 1.50 bits per heavy atom. The van der Waals surface area contributed by atoms with E-state index in [4.69, 9.17) is 14.8 Å². The van der Waals surface area contributed by atoms with Gasteiger partial charge in [0.05, 0.1) is 0 Å². The van der Waals surface area contributed by atoms with Crippen LogP contribution in [0.3, 0.4) is 0 Å². The summed E-state index contributed by atoms with van der Waals surface area (Å²) in [4.78, 5) is 19.0. The Morgan fingerprint density at radius 1 is 1.00 bits per heavy atom. The van der Waals surface area contributed by atoms with Gasteiger partial charge in [0.15, 0.2) is 0 Å². The first-order valence-corrected chi connectivity index (χ1v) is 4.50. The first-order valence-electron chi connectivity index (χ1n) is 3.06. The fraction of sp³-hybridized carbons (Fsp3) is 0. The number of rotatable bonds is 4. The van der Waals surface area contributed by atoms with Gasteiger partial charge in [-0.3, -0.25) is 4.55 Å². The van der Waals surface area contributed by atoms with Crippen molar-refractivity contribution in [1.82, 2.24) is 0 Å². The minimum atomic E-state index is -4.73. The van der Waals surface area contributed by atoms with Crippen molar-refractivity contribution in [2.75, 3.05) is 0 Å². The molecule has 0 radical (unpaired) electrons. The average molecular weight is 222 g/mol. The van der Waals surface area contributed by atoms with E-state index >= 15 is 0 Å². The summed E-state index contributed by atoms with van der Waals surface area (Å²) in [7, 11) is -4.73. The summed E-state index contributed by atoms with van der Waals surface area (Å²) in [6.07, 6.45) is 1.03. The molecule has 0 aliphatic carbocycles. The summed E-state index contributed by atoms with van der Waals surface area (Å²) in [5.74, 6) is -3.09. The standard InChI is InChI=1S/C6H6O7S/c7-5(8)2-1-4(3-6(9)10)14(11,12)13/h1-3H,(H,7,8)(H,9,10)(H,11,12,13)/b2-1-,4-3+. The summed E-state index contributed by atoms with van der Waals surface area (Å²) >= 11 is 0. The maximum atomic E-state index is 10.5. The molecular weight excluding hydrogens is 216 g/mol. The third-order valence-corrected chi connectivity index (χ3v) is 1.80. The molecule has 78 valence electrons. The van der Waals surface area contributed by atoms with E-state index < -0.39 is 27.0 Å². The molecule has 0 spiro atoms. The monoisotopic (exact) mass is 222 g/mol. The second-order valence-corrected chi connectivity index (χ2v) is 3.45. The molecule has 0 heterocycles. The first kappa shape index (κ1) is 12.3. The highest BCUT2D eigenvalue weighted by atomic mass is 32.2. The van der Waals surface area contributed by atoms with Crippen molar-refractivity contribution in [2.45, 2.75) is 0 Å². The Labute approximate surface area is 78.7 Å². The average Bonchev–Trinajstić information content (AvgIpc) is 1.94. The highest BCUT2D eigenvalue weighted by Gasteiger charge is 2.12. The molecule has 0 amide bonds. The zero-order valence-corrected chi connectivity index (χ0v) is 7.43. The predicted molar refractivity (Wildman–Crippen MR) is 44.0 cm³/mol. The van der Waals surface area contributed by atoms with E-state index in [0.29, 0.717) is 12.2 Å². The van der Waals surface area contributed by atoms with Gasteiger partial charge in [-0.2, -0.15) is 8.42 Å². The van der Waals surface area contributed by atoms with Crippen LogP contribution in [0.1, 0.15) is 0 Å². The third-order valence-electron chi connectivity index (χ3n) is 0.954. The van der Waals surface area contributed by atoms with E-state index in [1.807, 2.05) is 0 Å². The highest BCUT2D eigenvalue weighted by molar-refractivity contribution is 7.90. The number of carboxylic acids is 2. The Morgan fingerprint density at radius 3 is 1.79 bits per heavy atom. The zero-order chi connectivity index (χ0) is 11.4. The lowest BCUT2D eigenvalue weighted by molar-refractivity contribution is -0.132. The number of carboxylic acid groups (broad SMARTS) is 2. The van der Waals surface area contributed by atoms with E-state index in [0.717, 1.165) is 0 Å². The summed E-state index contributed by atoms with van der Waals surface area (Å²) in [5, 5.41) is 16.3. The molecule has 0 aromatic heterocycles. The minimum Gasteiger partial charge on any atom is -0.478 e. The molecule has 14 heavy (non-hydrogen) atoms. The lowest BCUT2D eigenvalue weighted by Gasteiger charge is -1.94. The van der Waals surface area contributed by atoms with Crippen molar-refractivity contribution in [2.24, 2.45) is 0 Å². The van der Waals surface area contributed by atoms with Gasteiger partial charge in [-0.25, -0.2) is 9.59 Å². The third kappa shape index (κ3) is 5.06. The predicted octanol–water partition coefficient (Wildman–Crippen LogP) is -0.516. The van der Waals surface area contributed by atoms with Crippen LogP contribution in [-0.4, -0.2) is 35.1 Å². The lowest BCUT2D eigenvalue weighted by Crippen LogP contribution is -2.03. The van der Waals surface area contributed by atoms with Crippen molar-refractivity contribution >= 4 is 22.1 Å².